The minimum Gasteiger partial charge on any atom is -0.425 e. The van der Waals surface area contributed by atoms with Crippen molar-refractivity contribution in [1.82, 2.24) is 0 Å². The summed E-state index contributed by atoms with van der Waals surface area (Å²) in [5.74, 6) is 0.777. The Morgan fingerprint density at radius 2 is 2.00 bits per heavy atom. The lowest BCUT2D eigenvalue weighted by atomic mass is 9.77. The highest BCUT2D eigenvalue weighted by molar-refractivity contribution is 14.1. The van der Waals surface area contributed by atoms with E-state index in [1.807, 2.05) is 38.1 Å². The molecule has 1 aromatic carbocycles. The van der Waals surface area contributed by atoms with Crippen molar-refractivity contribution in [1.29, 1.82) is 0 Å². The minimum atomic E-state index is -0.418. The van der Waals surface area contributed by atoms with Crippen LogP contribution in [0.5, 0.6) is 5.75 Å². The molecule has 0 heterocycles. The Hall–Kier alpha value is -0.580. The van der Waals surface area contributed by atoms with Crippen LogP contribution in [0.4, 0.5) is 0 Å². The lowest BCUT2D eigenvalue weighted by Gasteiger charge is -2.29. The van der Waals surface area contributed by atoms with Crippen molar-refractivity contribution in [2.75, 3.05) is 0 Å². The second kappa shape index (κ2) is 5.85. The van der Waals surface area contributed by atoms with E-state index in [0.29, 0.717) is 5.75 Å². The number of hydrogen-bond donors (Lipinski definition) is 0. The molecule has 0 aliphatic carbocycles. The van der Waals surface area contributed by atoms with E-state index in [2.05, 4.69) is 36.4 Å². The number of halogens is 1. The maximum atomic E-state index is 12.2. The quantitative estimate of drug-likeness (QED) is 0.462. The summed E-state index contributed by atoms with van der Waals surface area (Å²) < 4.78 is 6.48. The molecule has 1 atom stereocenters. The predicted molar refractivity (Wildman–Crippen MR) is 78.0 cm³/mol. The minimum absolute atomic E-state index is 0.140. The monoisotopic (exact) mass is 346 g/mol. The number of ether oxygens (including phenoxy) is 1. The Bertz CT molecular complexity index is 401. The van der Waals surface area contributed by atoms with Crippen molar-refractivity contribution in [3.8, 4) is 5.75 Å². The fourth-order valence-corrected chi connectivity index (χ4v) is 2.03. The van der Waals surface area contributed by atoms with Crippen LogP contribution in [0.25, 0.3) is 0 Å². The van der Waals surface area contributed by atoms with Crippen LogP contribution in [0.2, 0.25) is 0 Å². The van der Waals surface area contributed by atoms with Gasteiger partial charge < -0.3 is 4.74 Å². The molecule has 0 saturated heterocycles. The summed E-state index contributed by atoms with van der Waals surface area (Å²) in [4.78, 5) is 12.2. The zero-order valence-electron chi connectivity index (χ0n) is 10.8. The van der Waals surface area contributed by atoms with Gasteiger partial charge in [-0.25, -0.2) is 0 Å². The summed E-state index contributed by atoms with van der Waals surface area (Å²) in [5, 5.41) is 0. The van der Waals surface area contributed by atoms with E-state index in [9.17, 15) is 4.79 Å². The molecule has 0 aromatic heterocycles. The molecule has 0 spiro atoms. The van der Waals surface area contributed by atoms with E-state index in [-0.39, 0.29) is 11.9 Å². The highest BCUT2D eigenvalue weighted by atomic mass is 127. The van der Waals surface area contributed by atoms with Crippen LogP contribution in [0.15, 0.2) is 24.3 Å². The molecule has 0 N–H and O–H groups in total. The molecule has 3 heteroatoms. The molecule has 94 valence electrons. The van der Waals surface area contributed by atoms with Crippen LogP contribution in [0, 0.1) is 14.9 Å². The van der Waals surface area contributed by atoms with Crippen molar-refractivity contribution in [2.45, 2.75) is 34.1 Å². The smallest absolute Gasteiger partial charge is 0.317 e. The topological polar surface area (TPSA) is 26.3 Å². The number of rotatable bonds is 4. The third-order valence-corrected chi connectivity index (χ3v) is 4.41. The molecule has 1 aromatic rings. The zero-order valence-corrected chi connectivity index (χ0v) is 12.9. The zero-order chi connectivity index (χ0) is 13.1. The van der Waals surface area contributed by atoms with Crippen LogP contribution >= 0.6 is 22.6 Å². The maximum Gasteiger partial charge on any atom is 0.317 e. The lowest BCUT2D eigenvalue weighted by molar-refractivity contribution is -0.147. The van der Waals surface area contributed by atoms with E-state index in [0.717, 1.165) is 9.99 Å². The molecule has 0 fully saturated rings. The largest absolute Gasteiger partial charge is 0.425 e. The molecule has 0 radical (unpaired) electrons. The summed E-state index contributed by atoms with van der Waals surface area (Å²) in [6.45, 7) is 8.11. The van der Waals surface area contributed by atoms with E-state index in [4.69, 9.17) is 4.74 Å². The van der Waals surface area contributed by atoms with Gasteiger partial charge in [-0.2, -0.15) is 0 Å². The first-order valence-corrected chi connectivity index (χ1v) is 6.96. The van der Waals surface area contributed by atoms with Crippen LogP contribution in [-0.4, -0.2) is 5.97 Å². The van der Waals surface area contributed by atoms with Gasteiger partial charge in [-0.05, 0) is 54.0 Å². The van der Waals surface area contributed by atoms with E-state index >= 15 is 0 Å². The van der Waals surface area contributed by atoms with Gasteiger partial charge in [-0.3, -0.25) is 4.79 Å². The highest BCUT2D eigenvalue weighted by Gasteiger charge is 2.36. The molecule has 1 unspecified atom stereocenters. The number of para-hydroxylation sites is 1. The Labute approximate surface area is 117 Å². The molecule has 0 aliphatic rings. The van der Waals surface area contributed by atoms with Crippen molar-refractivity contribution in [3.05, 3.63) is 27.8 Å². The standard InChI is InChI=1S/C14H19IO2/c1-5-14(4,10(2)3)13(16)17-12-9-7-6-8-11(12)15/h6-10H,5H2,1-4H3. The second-order valence-corrected chi connectivity index (χ2v) is 5.91. The Morgan fingerprint density at radius 1 is 1.41 bits per heavy atom. The fraction of sp³-hybridized carbons (Fsp3) is 0.500. The number of hydrogen-bond acceptors (Lipinski definition) is 2. The molecular weight excluding hydrogens is 327 g/mol. The summed E-state index contributed by atoms with van der Waals surface area (Å²) in [6.07, 6.45) is 0.785. The summed E-state index contributed by atoms with van der Waals surface area (Å²) in [6, 6.07) is 7.57. The van der Waals surface area contributed by atoms with Crippen LogP contribution in [0.3, 0.4) is 0 Å². The Kier molecular flexibility index (Phi) is 4.98. The first-order chi connectivity index (χ1) is 7.91. The van der Waals surface area contributed by atoms with Crippen LogP contribution in [0.1, 0.15) is 34.1 Å². The Morgan fingerprint density at radius 3 is 2.47 bits per heavy atom. The number of carbonyl (C=O) groups excluding carboxylic acids is 1. The fourth-order valence-electron chi connectivity index (χ4n) is 1.53. The van der Waals surface area contributed by atoms with Crippen molar-refractivity contribution < 1.29 is 9.53 Å². The van der Waals surface area contributed by atoms with Crippen LogP contribution in [-0.2, 0) is 4.79 Å². The highest BCUT2D eigenvalue weighted by Crippen LogP contribution is 2.33. The molecule has 17 heavy (non-hydrogen) atoms. The third kappa shape index (κ3) is 3.21. The van der Waals surface area contributed by atoms with Gasteiger partial charge in [0.05, 0.1) is 8.99 Å². The van der Waals surface area contributed by atoms with Gasteiger partial charge in [0.2, 0.25) is 0 Å². The van der Waals surface area contributed by atoms with Gasteiger partial charge in [0.25, 0.3) is 0 Å². The first-order valence-electron chi connectivity index (χ1n) is 5.88. The average molecular weight is 346 g/mol. The summed E-state index contributed by atoms with van der Waals surface area (Å²) in [7, 11) is 0. The predicted octanol–water partition coefficient (Wildman–Crippen LogP) is 4.27. The second-order valence-electron chi connectivity index (χ2n) is 4.75. The molecule has 0 bridgehead atoms. The van der Waals surface area contributed by atoms with Gasteiger partial charge in [-0.15, -0.1) is 0 Å². The summed E-state index contributed by atoms with van der Waals surface area (Å²) in [5.41, 5.74) is -0.418. The first kappa shape index (κ1) is 14.5. The number of benzene rings is 1. The molecule has 2 nitrogen and oxygen atoms in total. The van der Waals surface area contributed by atoms with E-state index in [1.54, 1.807) is 0 Å². The molecule has 0 amide bonds. The normalized spacial score (nSPS) is 14.5. The molecule has 0 saturated carbocycles. The van der Waals surface area contributed by atoms with E-state index < -0.39 is 5.41 Å². The van der Waals surface area contributed by atoms with Gasteiger partial charge in [0.15, 0.2) is 0 Å². The molecular formula is C14H19IO2. The van der Waals surface area contributed by atoms with Gasteiger partial charge >= 0.3 is 5.97 Å². The Balaban J connectivity index is 2.89. The number of carbonyl (C=O) groups is 1. The average Bonchev–Trinajstić information content (AvgIpc) is 2.30. The number of esters is 1. The lowest BCUT2D eigenvalue weighted by Crippen LogP contribution is -2.36. The van der Waals surface area contributed by atoms with Crippen molar-refractivity contribution in [3.63, 3.8) is 0 Å². The van der Waals surface area contributed by atoms with Gasteiger partial charge in [0.1, 0.15) is 5.75 Å². The summed E-state index contributed by atoms with van der Waals surface area (Å²) >= 11 is 2.17. The van der Waals surface area contributed by atoms with Crippen molar-refractivity contribution >= 4 is 28.6 Å². The maximum absolute atomic E-state index is 12.2. The van der Waals surface area contributed by atoms with Gasteiger partial charge in [-0.1, -0.05) is 32.9 Å². The molecule has 1 rings (SSSR count). The SMILES string of the molecule is CCC(C)(C(=O)Oc1ccccc1I)C(C)C. The van der Waals surface area contributed by atoms with Gasteiger partial charge in [0, 0.05) is 0 Å². The van der Waals surface area contributed by atoms with E-state index in [1.165, 1.54) is 0 Å². The van der Waals surface area contributed by atoms with Crippen LogP contribution < -0.4 is 4.74 Å². The van der Waals surface area contributed by atoms with Crippen molar-refractivity contribution in [2.24, 2.45) is 11.3 Å². The third-order valence-electron chi connectivity index (χ3n) is 3.51. The molecule has 0 aliphatic heterocycles.